The molecule has 6 nitrogen and oxygen atoms in total. The summed E-state index contributed by atoms with van der Waals surface area (Å²) in [6.45, 7) is 5.90. The van der Waals surface area contributed by atoms with Crippen molar-refractivity contribution < 1.29 is 4.79 Å². The molecule has 0 aromatic carbocycles. The largest absolute Gasteiger partial charge is 0.349 e. The van der Waals surface area contributed by atoms with Gasteiger partial charge in [-0.25, -0.2) is 0 Å². The maximum absolute atomic E-state index is 12.7. The minimum absolute atomic E-state index is 0.197. The number of aromatic nitrogens is 2. The highest BCUT2D eigenvalue weighted by atomic mass is 32.1. The number of amides is 1. The van der Waals surface area contributed by atoms with Crippen LogP contribution in [0.15, 0.2) is 23.1 Å². The van der Waals surface area contributed by atoms with Gasteiger partial charge in [-0.05, 0) is 31.9 Å². The summed E-state index contributed by atoms with van der Waals surface area (Å²) in [5, 5.41) is 3.05. The van der Waals surface area contributed by atoms with Gasteiger partial charge in [0.15, 0.2) is 0 Å². The first kappa shape index (κ1) is 19.0. The quantitative estimate of drug-likeness (QED) is 0.839. The van der Waals surface area contributed by atoms with Crippen molar-refractivity contribution in [3.63, 3.8) is 0 Å². The van der Waals surface area contributed by atoms with Crippen LogP contribution in [0.5, 0.6) is 0 Å². The van der Waals surface area contributed by atoms with E-state index in [2.05, 4.69) is 38.8 Å². The Hall–Kier alpha value is -1.99. The normalized spacial score (nSPS) is 24.4. The van der Waals surface area contributed by atoms with Crippen LogP contribution in [0, 0.1) is 12.8 Å². The van der Waals surface area contributed by atoms with Crippen LogP contribution in [0.2, 0.25) is 0 Å². The summed E-state index contributed by atoms with van der Waals surface area (Å²) in [6, 6.07) is 4.58. The molecule has 2 aliphatic heterocycles. The zero-order valence-electron chi connectivity index (χ0n) is 16.9. The SMILES string of the molecule is Cc1ccc(CN2C[C@H]3Cn4cc(C(=O)NC5CCCCC5)c(=O)nc4[C@H]3C2)s1. The van der Waals surface area contributed by atoms with Gasteiger partial charge in [0.05, 0.1) is 0 Å². The second-order valence-corrected chi connectivity index (χ2v) is 10.2. The first-order valence-electron chi connectivity index (χ1n) is 10.8. The van der Waals surface area contributed by atoms with Gasteiger partial charge in [0.1, 0.15) is 11.4 Å². The van der Waals surface area contributed by atoms with E-state index in [1.165, 1.54) is 16.2 Å². The highest BCUT2D eigenvalue weighted by Gasteiger charge is 2.41. The van der Waals surface area contributed by atoms with Crippen LogP contribution in [-0.4, -0.2) is 39.5 Å². The number of thiophene rings is 1. The van der Waals surface area contributed by atoms with E-state index in [0.29, 0.717) is 11.8 Å². The van der Waals surface area contributed by atoms with Gasteiger partial charge in [-0.15, -0.1) is 11.3 Å². The van der Waals surface area contributed by atoms with Crippen molar-refractivity contribution in [3.8, 4) is 0 Å². The molecule has 1 N–H and O–H groups in total. The molecule has 5 rings (SSSR count). The molecule has 1 saturated heterocycles. The molecule has 1 amide bonds. The molecule has 2 fully saturated rings. The Morgan fingerprint density at radius 2 is 2.03 bits per heavy atom. The van der Waals surface area contributed by atoms with Gasteiger partial charge in [-0.2, -0.15) is 4.98 Å². The summed E-state index contributed by atoms with van der Waals surface area (Å²) in [5.41, 5.74) is -0.178. The molecule has 0 bridgehead atoms. The van der Waals surface area contributed by atoms with E-state index in [9.17, 15) is 9.59 Å². The average molecular weight is 413 g/mol. The lowest BCUT2D eigenvalue weighted by atomic mass is 9.95. The number of likely N-dealkylation sites (tertiary alicyclic amines) is 1. The zero-order chi connectivity index (χ0) is 20.0. The first-order chi connectivity index (χ1) is 14.1. The molecule has 0 unspecified atom stereocenters. The molecule has 0 radical (unpaired) electrons. The molecule has 2 aromatic rings. The van der Waals surface area contributed by atoms with Crippen molar-refractivity contribution in [3.05, 3.63) is 49.8 Å². The third kappa shape index (κ3) is 3.78. The lowest BCUT2D eigenvalue weighted by Gasteiger charge is -2.22. The minimum Gasteiger partial charge on any atom is -0.349 e. The Morgan fingerprint density at radius 3 is 2.79 bits per heavy atom. The van der Waals surface area contributed by atoms with Gasteiger partial charge in [0.25, 0.3) is 11.5 Å². The van der Waals surface area contributed by atoms with Gasteiger partial charge in [-0.1, -0.05) is 19.3 Å². The highest BCUT2D eigenvalue weighted by Crippen LogP contribution is 2.38. The van der Waals surface area contributed by atoms with Crippen LogP contribution in [0.3, 0.4) is 0 Å². The second-order valence-electron chi connectivity index (χ2n) is 8.85. The van der Waals surface area contributed by atoms with Crippen LogP contribution >= 0.6 is 11.3 Å². The predicted octanol–water partition coefficient (Wildman–Crippen LogP) is 2.90. The predicted molar refractivity (Wildman–Crippen MR) is 113 cm³/mol. The van der Waals surface area contributed by atoms with E-state index in [1.807, 2.05) is 11.3 Å². The third-order valence-corrected chi connectivity index (χ3v) is 7.65. The molecule has 3 aliphatic rings. The summed E-state index contributed by atoms with van der Waals surface area (Å²) in [7, 11) is 0. The average Bonchev–Trinajstić information content (AvgIpc) is 3.37. The molecular formula is C22H28N4O2S. The monoisotopic (exact) mass is 412 g/mol. The van der Waals surface area contributed by atoms with Crippen molar-refractivity contribution in [1.29, 1.82) is 0 Å². The number of fused-ring (bicyclic) bond motifs is 3. The maximum atomic E-state index is 12.7. The zero-order valence-corrected chi connectivity index (χ0v) is 17.7. The van der Waals surface area contributed by atoms with Crippen molar-refractivity contribution in [1.82, 2.24) is 19.8 Å². The first-order valence-corrected chi connectivity index (χ1v) is 11.6. The second kappa shape index (κ2) is 7.69. The Balaban J connectivity index is 1.29. The fourth-order valence-corrected chi connectivity index (χ4v) is 6.16. The fourth-order valence-electron chi connectivity index (χ4n) is 5.22. The number of rotatable bonds is 4. The molecule has 1 aliphatic carbocycles. The van der Waals surface area contributed by atoms with Crippen LogP contribution in [-0.2, 0) is 13.1 Å². The van der Waals surface area contributed by atoms with E-state index >= 15 is 0 Å². The minimum atomic E-state index is -0.377. The fraction of sp³-hybridized carbons (Fsp3) is 0.591. The van der Waals surface area contributed by atoms with E-state index < -0.39 is 0 Å². The highest BCUT2D eigenvalue weighted by molar-refractivity contribution is 7.11. The lowest BCUT2D eigenvalue weighted by molar-refractivity contribution is 0.0925. The summed E-state index contributed by atoms with van der Waals surface area (Å²) >= 11 is 1.85. The number of hydrogen-bond donors (Lipinski definition) is 1. The van der Waals surface area contributed by atoms with E-state index in [0.717, 1.165) is 57.7 Å². The Bertz CT molecular complexity index is 975. The molecule has 154 valence electrons. The number of carbonyl (C=O) groups excluding carboxylic acids is 1. The van der Waals surface area contributed by atoms with Crippen LogP contribution < -0.4 is 10.9 Å². The third-order valence-electron chi connectivity index (χ3n) is 6.67. The van der Waals surface area contributed by atoms with Gasteiger partial charge in [-0.3, -0.25) is 14.5 Å². The van der Waals surface area contributed by atoms with E-state index in [4.69, 9.17) is 0 Å². The maximum Gasteiger partial charge on any atom is 0.285 e. The van der Waals surface area contributed by atoms with Crippen LogP contribution in [0.1, 0.15) is 64.0 Å². The number of carbonyl (C=O) groups is 1. The van der Waals surface area contributed by atoms with Crippen molar-refractivity contribution >= 4 is 17.2 Å². The molecule has 4 heterocycles. The molecule has 1 saturated carbocycles. The molecular weight excluding hydrogens is 384 g/mol. The number of nitrogens with zero attached hydrogens (tertiary/aromatic N) is 3. The topological polar surface area (TPSA) is 67.2 Å². The Labute approximate surface area is 175 Å². The van der Waals surface area contributed by atoms with Crippen LogP contribution in [0.25, 0.3) is 0 Å². The Morgan fingerprint density at radius 1 is 1.21 bits per heavy atom. The molecule has 2 atom stereocenters. The number of aryl methyl sites for hydroxylation is 1. The lowest BCUT2D eigenvalue weighted by Crippen LogP contribution is -2.39. The molecule has 29 heavy (non-hydrogen) atoms. The summed E-state index contributed by atoms with van der Waals surface area (Å²) < 4.78 is 2.05. The molecule has 0 spiro atoms. The number of nitrogens with one attached hydrogen (secondary N) is 1. The van der Waals surface area contributed by atoms with Crippen molar-refractivity contribution in [2.45, 2.75) is 64.1 Å². The summed E-state index contributed by atoms with van der Waals surface area (Å²) in [4.78, 5) is 34.9. The van der Waals surface area contributed by atoms with Crippen LogP contribution in [0.4, 0.5) is 0 Å². The Kier molecular flexibility index (Phi) is 5.04. The number of hydrogen-bond acceptors (Lipinski definition) is 5. The van der Waals surface area contributed by atoms with Crippen molar-refractivity contribution in [2.75, 3.05) is 13.1 Å². The molecule has 2 aromatic heterocycles. The van der Waals surface area contributed by atoms with Gasteiger partial charge in [0, 0.05) is 60.0 Å². The smallest absolute Gasteiger partial charge is 0.285 e. The van der Waals surface area contributed by atoms with E-state index in [1.54, 1.807) is 6.20 Å². The van der Waals surface area contributed by atoms with Gasteiger partial charge < -0.3 is 9.88 Å². The van der Waals surface area contributed by atoms with Gasteiger partial charge in [0.2, 0.25) is 0 Å². The molecule has 7 heteroatoms. The summed E-state index contributed by atoms with van der Waals surface area (Å²) in [5.74, 6) is 1.37. The van der Waals surface area contributed by atoms with Gasteiger partial charge >= 0.3 is 0 Å². The van der Waals surface area contributed by atoms with Crippen molar-refractivity contribution in [2.24, 2.45) is 5.92 Å². The standard InChI is InChI=1S/C22H28N4O2S/c1-14-7-8-17(29-14)11-25-9-15-10-26-13-19(22(28)24-20(26)18(15)12-25)21(27)23-16-5-3-2-4-6-16/h7-8,13,15-16,18H,2-6,9-12H2,1H3,(H,23,27)/t15-,18-/m0/s1. The summed E-state index contributed by atoms with van der Waals surface area (Å²) in [6.07, 6.45) is 7.31. The van der Waals surface area contributed by atoms with E-state index in [-0.39, 0.29) is 23.1 Å².